The van der Waals surface area contributed by atoms with E-state index in [0.717, 1.165) is 0 Å². The van der Waals surface area contributed by atoms with E-state index in [9.17, 15) is 0 Å². The van der Waals surface area contributed by atoms with Crippen molar-refractivity contribution in [2.24, 2.45) is 0 Å². The maximum absolute atomic E-state index is 2.28. The van der Waals surface area contributed by atoms with Gasteiger partial charge in [0.1, 0.15) is 0 Å². The maximum atomic E-state index is 2.28. The van der Waals surface area contributed by atoms with Crippen molar-refractivity contribution < 1.29 is 0 Å². The first-order valence-corrected chi connectivity index (χ1v) is 8.03. The van der Waals surface area contributed by atoms with Crippen molar-refractivity contribution in [1.82, 2.24) is 0 Å². The second kappa shape index (κ2) is 9.08. The Labute approximate surface area is 148 Å². The molecule has 3 rings (SSSR count). The van der Waals surface area contributed by atoms with E-state index >= 15 is 0 Å². The molecule has 0 aliphatic rings. The Kier molecular flexibility index (Phi) is 7.45. The zero-order valence-electron chi connectivity index (χ0n) is 13.3. The standard InChI is InChI=1S/C22H22.2CH4/c1-3-17(2)18-9-11-21(12-10-18)22-15-13-20(14-16-22)19-7-5-4-6-8-19;;/h4-17H,3H2,1-2H3;2*1H4. The van der Waals surface area contributed by atoms with Crippen LogP contribution in [0.25, 0.3) is 22.3 Å². The summed E-state index contributed by atoms with van der Waals surface area (Å²) >= 11 is 0. The topological polar surface area (TPSA) is 0 Å². The van der Waals surface area contributed by atoms with E-state index in [-0.39, 0.29) is 14.9 Å². The van der Waals surface area contributed by atoms with Crippen LogP contribution in [0.15, 0.2) is 78.9 Å². The summed E-state index contributed by atoms with van der Waals surface area (Å²) in [4.78, 5) is 0. The van der Waals surface area contributed by atoms with E-state index in [4.69, 9.17) is 0 Å². The quantitative estimate of drug-likeness (QED) is 0.460. The summed E-state index contributed by atoms with van der Waals surface area (Å²) in [6.07, 6.45) is 1.19. The molecule has 0 nitrogen and oxygen atoms in total. The van der Waals surface area contributed by atoms with Crippen molar-refractivity contribution in [1.29, 1.82) is 0 Å². The Morgan fingerprint density at radius 1 is 0.583 bits per heavy atom. The van der Waals surface area contributed by atoms with Crippen LogP contribution in [-0.2, 0) is 0 Å². The molecular weight excluding hydrogens is 288 g/mol. The minimum absolute atomic E-state index is 0. The van der Waals surface area contributed by atoms with E-state index in [1.807, 2.05) is 0 Å². The summed E-state index contributed by atoms with van der Waals surface area (Å²) in [5.74, 6) is 0.634. The SMILES string of the molecule is C.C.CCC(C)c1ccc(-c2ccc(-c3ccccc3)cc2)cc1. The molecule has 0 bridgehead atoms. The first-order chi connectivity index (χ1) is 10.8. The molecular formula is C24H30. The fraction of sp³-hybridized carbons (Fsp3) is 0.250. The molecule has 3 aromatic rings. The normalized spacial score (nSPS) is 11.1. The molecule has 0 fully saturated rings. The maximum Gasteiger partial charge on any atom is -0.0184 e. The van der Waals surface area contributed by atoms with Crippen molar-refractivity contribution in [3.8, 4) is 22.3 Å². The third kappa shape index (κ3) is 4.35. The lowest BCUT2D eigenvalue weighted by Crippen LogP contribution is -1.90. The molecule has 3 aromatic carbocycles. The van der Waals surface area contributed by atoms with Crippen LogP contribution in [-0.4, -0.2) is 0 Å². The lowest BCUT2D eigenvalue weighted by atomic mass is 9.95. The van der Waals surface area contributed by atoms with Crippen molar-refractivity contribution in [3.05, 3.63) is 84.4 Å². The minimum Gasteiger partial charge on any atom is -0.0776 e. The highest BCUT2D eigenvalue weighted by Crippen LogP contribution is 2.26. The largest absolute Gasteiger partial charge is 0.0776 e. The Balaban J connectivity index is 0.00000144. The minimum atomic E-state index is 0. The van der Waals surface area contributed by atoms with Crippen molar-refractivity contribution in [2.75, 3.05) is 0 Å². The molecule has 0 spiro atoms. The van der Waals surface area contributed by atoms with Gasteiger partial charge in [-0.1, -0.05) is 108 Å². The van der Waals surface area contributed by atoms with Crippen LogP contribution in [0.2, 0.25) is 0 Å². The van der Waals surface area contributed by atoms with Crippen LogP contribution >= 0.6 is 0 Å². The van der Waals surface area contributed by atoms with Gasteiger partial charge in [-0.2, -0.15) is 0 Å². The molecule has 1 atom stereocenters. The van der Waals surface area contributed by atoms with Gasteiger partial charge >= 0.3 is 0 Å². The summed E-state index contributed by atoms with van der Waals surface area (Å²) in [5, 5.41) is 0. The van der Waals surface area contributed by atoms with Gasteiger partial charge in [-0.3, -0.25) is 0 Å². The van der Waals surface area contributed by atoms with Gasteiger partial charge in [0, 0.05) is 0 Å². The molecule has 24 heavy (non-hydrogen) atoms. The molecule has 0 N–H and O–H groups in total. The van der Waals surface area contributed by atoms with Gasteiger partial charge in [0.25, 0.3) is 0 Å². The van der Waals surface area contributed by atoms with Gasteiger partial charge < -0.3 is 0 Å². The Morgan fingerprint density at radius 2 is 0.958 bits per heavy atom. The molecule has 0 heteroatoms. The van der Waals surface area contributed by atoms with Gasteiger partial charge in [-0.25, -0.2) is 0 Å². The molecule has 0 radical (unpaired) electrons. The van der Waals surface area contributed by atoms with Crippen molar-refractivity contribution in [3.63, 3.8) is 0 Å². The average Bonchev–Trinajstić information content (AvgIpc) is 2.62. The van der Waals surface area contributed by atoms with E-state index < -0.39 is 0 Å². The fourth-order valence-electron chi connectivity index (χ4n) is 2.73. The molecule has 0 saturated carbocycles. The van der Waals surface area contributed by atoms with Crippen LogP contribution in [0.3, 0.4) is 0 Å². The van der Waals surface area contributed by atoms with E-state index in [2.05, 4.69) is 92.7 Å². The van der Waals surface area contributed by atoms with Crippen molar-refractivity contribution >= 4 is 0 Å². The highest BCUT2D eigenvalue weighted by molar-refractivity contribution is 5.70. The third-order valence-corrected chi connectivity index (χ3v) is 4.42. The molecule has 0 aromatic heterocycles. The predicted molar refractivity (Wildman–Crippen MR) is 109 cm³/mol. The summed E-state index contributed by atoms with van der Waals surface area (Å²) in [6, 6.07) is 28.3. The van der Waals surface area contributed by atoms with Crippen LogP contribution in [0.1, 0.15) is 46.6 Å². The van der Waals surface area contributed by atoms with E-state index in [1.54, 1.807) is 0 Å². The Bertz CT molecular complexity index is 706. The number of hydrogen-bond acceptors (Lipinski definition) is 0. The molecule has 0 aliphatic carbocycles. The zero-order valence-corrected chi connectivity index (χ0v) is 13.3. The molecule has 1 unspecified atom stereocenters. The number of rotatable bonds is 4. The molecule has 0 heterocycles. The first-order valence-electron chi connectivity index (χ1n) is 8.03. The lowest BCUT2D eigenvalue weighted by Gasteiger charge is -2.10. The smallest absolute Gasteiger partial charge is 0.0184 e. The zero-order chi connectivity index (χ0) is 15.4. The van der Waals surface area contributed by atoms with Gasteiger partial charge in [0.2, 0.25) is 0 Å². The van der Waals surface area contributed by atoms with Gasteiger partial charge in [0.05, 0.1) is 0 Å². The first kappa shape index (κ1) is 19.7. The Hall–Kier alpha value is -2.34. The molecule has 0 aliphatic heterocycles. The van der Waals surface area contributed by atoms with Gasteiger partial charge in [-0.05, 0) is 40.2 Å². The fourth-order valence-corrected chi connectivity index (χ4v) is 2.73. The van der Waals surface area contributed by atoms with E-state index in [0.29, 0.717) is 5.92 Å². The second-order valence-corrected chi connectivity index (χ2v) is 5.87. The van der Waals surface area contributed by atoms with Crippen LogP contribution in [0.5, 0.6) is 0 Å². The number of hydrogen-bond donors (Lipinski definition) is 0. The lowest BCUT2D eigenvalue weighted by molar-refractivity contribution is 0.734. The predicted octanol–water partition coefficient (Wildman–Crippen LogP) is 7.81. The van der Waals surface area contributed by atoms with Crippen LogP contribution in [0, 0.1) is 0 Å². The highest BCUT2D eigenvalue weighted by atomic mass is 14.1. The molecule has 126 valence electrons. The highest BCUT2D eigenvalue weighted by Gasteiger charge is 2.04. The monoisotopic (exact) mass is 318 g/mol. The summed E-state index contributed by atoms with van der Waals surface area (Å²) < 4.78 is 0. The van der Waals surface area contributed by atoms with E-state index in [1.165, 1.54) is 34.2 Å². The Morgan fingerprint density at radius 3 is 1.38 bits per heavy atom. The average molecular weight is 319 g/mol. The summed E-state index contributed by atoms with van der Waals surface area (Å²) in [6.45, 7) is 4.52. The number of benzene rings is 3. The van der Waals surface area contributed by atoms with Gasteiger partial charge in [0.15, 0.2) is 0 Å². The van der Waals surface area contributed by atoms with Crippen LogP contribution < -0.4 is 0 Å². The summed E-state index contributed by atoms with van der Waals surface area (Å²) in [7, 11) is 0. The second-order valence-electron chi connectivity index (χ2n) is 5.87. The van der Waals surface area contributed by atoms with Crippen molar-refractivity contribution in [2.45, 2.75) is 41.0 Å². The van der Waals surface area contributed by atoms with Crippen LogP contribution in [0.4, 0.5) is 0 Å². The summed E-state index contributed by atoms with van der Waals surface area (Å²) in [5.41, 5.74) is 6.51. The molecule has 0 amide bonds. The molecule has 0 saturated heterocycles. The van der Waals surface area contributed by atoms with Gasteiger partial charge in [-0.15, -0.1) is 0 Å². The third-order valence-electron chi connectivity index (χ3n) is 4.42.